The molecule has 98 valence electrons. The topological polar surface area (TPSA) is 72.2 Å². The number of carbonyl (C=O) groups is 2. The van der Waals surface area contributed by atoms with E-state index < -0.39 is 0 Å². The second-order valence-electron chi connectivity index (χ2n) is 4.47. The fraction of sp³-hybridized carbons (Fsp3) is 0.333. The maximum Gasteiger partial charge on any atom is 0.234 e. The lowest BCUT2D eigenvalue weighted by molar-refractivity contribution is -0.134. The van der Waals surface area contributed by atoms with Gasteiger partial charge < -0.3 is 5.73 Å². The highest BCUT2D eigenvalue weighted by atomic mass is 16.2. The quantitative estimate of drug-likeness (QED) is 0.610. The molecule has 19 heavy (non-hydrogen) atoms. The van der Waals surface area contributed by atoms with Gasteiger partial charge in [0, 0.05) is 24.9 Å². The molecule has 0 spiro atoms. The molecule has 1 aromatic carbocycles. The number of nitrogens with one attached hydrogen (secondary N) is 1. The Morgan fingerprint density at radius 3 is 2.63 bits per heavy atom. The third-order valence-corrected chi connectivity index (χ3v) is 3.05. The van der Waals surface area contributed by atoms with Gasteiger partial charge in [-0.05, 0) is 24.1 Å². The molecule has 1 aromatic rings. The average Bonchev–Trinajstić information content (AvgIpc) is 2.40. The molecule has 4 heteroatoms. The highest BCUT2D eigenvalue weighted by Gasteiger charge is 2.27. The molecule has 1 aliphatic heterocycles. The van der Waals surface area contributed by atoms with Crippen molar-refractivity contribution in [2.45, 2.75) is 25.2 Å². The first-order valence-electron chi connectivity index (χ1n) is 6.33. The Morgan fingerprint density at radius 1 is 1.26 bits per heavy atom. The van der Waals surface area contributed by atoms with E-state index in [9.17, 15) is 9.59 Å². The largest absolute Gasteiger partial charge is 0.330 e. The van der Waals surface area contributed by atoms with E-state index in [-0.39, 0.29) is 17.7 Å². The smallest absolute Gasteiger partial charge is 0.234 e. The van der Waals surface area contributed by atoms with Crippen LogP contribution in [0.4, 0.5) is 0 Å². The normalized spacial score (nSPS) is 18.5. The van der Waals surface area contributed by atoms with Gasteiger partial charge in [-0.15, -0.1) is 0 Å². The monoisotopic (exact) mass is 256 g/mol. The second kappa shape index (κ2) is 6.17. The molecule has 0 aliphatic carbocycles. The molecule has 1 unspecified atom stereocenters. The number of piperidine rings is 1. The Hall–Kier alpha value is -2.12. The van der Waals surface area contributed by atoms with Gasteiger partial charge in [-0.25, -0.2) is 0 Å². The van der Waals surface area contributed by atoms with Crippen LogP contribution in [0.2, 0.25) is 0 Å². The van der Waals surface area contributed by atoms with E-state index in [1.165, 1.54) is 0 Å². The highest BCUT2D eigenvalue weighted by Crippen LogP contribution is 2.24. The maximum absolute atomic E-state index is 11.7. The molecule has 1 saturated heterocycles. The zero-order valence-corrected chi connectivity index (χ0v) is 10.6. The van der Waals surface area contributed by atoms with Crippen molar-refractivity contribution in [3.05, 3.63) is 35.4 Å². The fourth-order valence-corrected chi connectivity index (χ4v) is 2.05. The number of amides is 2. The Bertz CT molecular complexity index is 538. The van der Waals surface area contributed by atoms with Crippen LogP contribution in [-0.4, -0.2) is 18.4 Å². The molecule has 0 saturated carbocycles. The zero-order chi connectivity index (χ0) is 13.7. The fourth-order valence-electron chi connectivity index (χ4n) is 2.05. The summed E-state index contributed by atoms with van der Waals surface area (Å²) in [5.74, 6) is 5.34. The van der Waals surface area contributed by atoms with Gasteiger partial charge in [0.15, 0.2) is 0 Å². The summed E-state index contributed by atoms with van der Waals surface area (Å²) in [6.45, 7) is 0.557. The van der Waals surface area contributed by atoms with Crippen LogP contribution in [0.3, 0.4) is 0 Å². The minimum atomic E-state index is -0.233. The number of rotatable bonds is 2. The summed E-state index contributed by atoms with van der Waals surface area (Å²) in [5.41, 5.74) is 7.20. The SMILES string of the molecule is NCCC#Cc1ccc(C2CCC(=O)NC2=O)cc1. The first kappa shape index (κ1) is 13.3. The van der Waals surface area contributed by atoms with Gasteiger partial charge in [0.05, 0.1) is 5.92 Å². The molecule has 3 N–H and O–H groups in total. The van der Waals surface area contributed by atoms with Crippen LogP contribution in [0.1, 0.15) is 36.3 Å². The van der Waals surface area contributed by atoms with E-state index in [4.69, 9.17) is 5.73 Å². The lowest BCUT2D eigenvalue weighted by Gasteiger charge is -2.20. The van der Waals surface area contributed by atoms with E-state index in [1.54, 1.807) is 0 Å². The Balaban J connectivity index is 2.08. The van der Waals surface area contributed by atoms with Crippen LogP contribution in [0, 0.1) is 11.8 Å². The molecule has 2 amide bonds. The van der Waals surface area contributed by atoms with Crippen LogP contribution in [0.15, 0.2) is 24.3 Å². The van der Waals surface area contributed by atoms with Crippen molar-refractivity contribution in [3.8, 4) is 11.8 Å². The van der Waals surface area contributed by atoms with E-state index in [0.717, 1.165) is 11.1 Å². The summed E-state index contributed by atoms with van der Waals surface area (Å²) < 4.78 is 0. The number of imide groups is 1. The van der Waals surface area contributed by atoms with Gasteiger partial charge >= 0.3 is 0 Å². The van der Waals surface area contributed by atoms with Crippen molar-refractivity contribution in [3.63, 3.8) is 0 Å². The molecule has 0 aromatic heterocycles. The molecule has 0 bridgehead atoms. The minimum absolute atomic E-state index is 0.189. The molecule has 1 fully saturated rings. The van der Waals surface area contributed by atoms with Crippen LogP contribution in [0.5, 0.6) is 0 Å². The van der Waals surface area contributed by atoms with Gasteiger partial charge in [0.1, 0.15) is 0 Å². The highest BCUT2D eigenvalue weighted by molar-refractivity contribution is 6.00. The van der Waals surface area contributed by atoms with Gasteiger partial charge in [0.2, 0.25) is 11.8 Å². The standard InChI is InChI=1S/C15H16N2O2/c16-10-2-1-3-11-4-6-12(7-5-11)13-8-9-14(18)17-15(13)19/h4-7,13H,2,8-10,16H2,(H,17,18,19). The lowest BCUT2D eigenvalue weighted by Crippen LogP contribution is -2.39. The van der Waals surface area contributed by atoms with Crippen molar-refractivity contribution >= 4 is 11.8 Å². The molecule has 0 radical (unpaired) electrons. The zero-order valence-electron chi connectivity index (χ0n) is 10.6. The van der Waals surface area contributed by atoms with Crippen molar-refractivity contribution < 1.29 is 9.59 Å². The summed E-state index contributed by atoms with van der Waals surface area (Å²) in [5, 5.41) is 2.36. The van der Waals surface area contributed by atoms with Gasteiger partial charge in [-0.3, -0.25) is 14.9 Å². The number of hydrogen-bond donors (Lipinski definition) is 2. The molecular formula is C15H16N2O2. The molecule has 1 heterocycles. The Morgan fingerprint density at radius 2 is 2.00 bits per heavy atom. The van der Waals surface area contributed by atoms with E-state index in [0.29, 0.717) is 25.8 Å². The summed E-state index contributed by atoms with van der Waals surface area (Å²) in [4.78, 5) is 22.8. The minimum Gasteiger partial charge on any atom is -0.330 e. The van der Waals surface area contributed by atoms with E-state index >= 15 is 0 Å². The van der Waals surface area contributed by atoms with E-state index in [1.807, 2.05) is 24.3 Å². The third kappa shape index (κ3) is 3.43. The number of carbonyl (C=O) groups excluding carboxylic acids is 2. The van der Waals surface area contributed by atoms with Gasteiger partial charge in [0.25, 0.3) is 0 Å². The second-order valence-corrected chi connectivity index (χ2v) is 4.47. The molecule has 1 aliphatic rings. The lowest BCUT2D eigenvalue weighted by atomic mass is 9.90. The first-order chi connectivity index (χ1) is 9.20. The van der Waals surface area contributed by atoms with Crippen molar-refractivity contribution in [2.75, 3.05) is 6.54 Å². The predicted molar refractivity (Wildman–Crippen MR) is 72.1 cm³/mol. The number of nitrogens with two attached hydrogens (primary N) is 1. The third-order valence-electron chi connectivity index (χ3n) is 3.05. The molecular weight excluding hydrogens is 240 g/mol. The summed E-state index contributed by atoms with van der Waals surface area (Å²) >= 11 is 0. The molecule has 2 rings (SSSR count). The molecule has 4 nitrogen and oxygen atoms in total. The van der Waals surface area contributed by atoms with Crippen molar-refractivity contribution in [1.29, 1.82) is 0 Å². The van der Waals surface area contributed by atoms with Crippen LogP contribution < -0.4 is 11.1 Å². The van der Waals surface area contributed by atoms with Crippen LogP contribution >= 0.6 is 0 Å². The van der Waals surface area contributed by atoms with Gasteiger partial charge in [-0.1, -0.05) is 24.0 Å². The summed E-state index contributed by atoms with van der Waals surface area (Å²) in [7, 11) is 0. The average molecular weight is 256 g/mol. The predicted octanol–water partition coefficient (Wildman–Crippen LogP) is 0.907. The van der Waals surface area contributed by atoms with E-state index in [2.05, 4.69) is 17.2 Å². The molecule has 1 atom stereocenters. The Labute approximate surface area is 112 Å². The maximum atomic E-state index is 11.7. The Kier molecular flexibility index (Phi) is 4.32. The van der Waals surface area contributed by atoms with Crippen molar-refractivity contribution in [1.82, 2.24) is 5.32 Å². The van der Waals surface area contributed by atoms with Crippen LogP contribution in [-0.2, 0) is 9.59 Å². The van der Waals surface area contributed by atoms with Gasteiger partial charge in [-0.2, -0.15) is 0 Å². The first-order valence-corrected chi connectivity index (χ1v) is 6.33. The summed E-state index contributed by atoms with van der Waals surface area (Å²) in [6.07, 6.45) is 1.65. The van der Waals surface area contributed by atoms with Crippen LogP contribution in [0.25, 0.3) is 0 Å². The van der Waals surface area contributed by atoms with Crippen molar-refractivity contribution in [2.24, 2.45) is 5.73 Å². The number of benzene rings is 1. The summed E-state index contributed by atoms with van der Waals surface area (Å²) in [6, 6.07) is 7.57. The number of hydrogen-bond acceptors (Lipinski definition) is 3.